The van der Waals surface area contributed by atoms with E-state index in [2.05, 4.69) is 39.0 Å². The van der Waals surface area contributed by atoms with Crippen LogP contribution in [0.5, 0.6) is 0 Å². The molecule has 2 aromatic rings. The fourth-order valence-electron chi connectivity index (χ4n) is 4.05. The second kappa shape index (κ2) is 10.00. The molecule has 8 nitrogen and oxygen atoms in total. The van der Waals surface area contributed by atoms with E-state index in [0.29, 0.717) is 36.9 Å². The van der Waals surface area contributed by atoms with Gasteiger partial charge < -0.3 is 15.2 Å². The number of rotatable bonds is 7. The Balaban J connectivity index is 1.57. The van der Waals surface area contributed by atoms with Gasteiger partial charge in [0.15, 0.2) is 0 Å². The Morgan fingerprint density at radius 2 is 1.97 bits per heavy atom. The average Bonchev–Trinajstić information content (AvgIpc) is 2.78. The predicted octanol–water partition coefficient (Wildman–Crippen LogP) is 1.93. The maximum Gasteiger partial charge on any atom is 0.269 e. The Kier molecular flexibility index (Phi) is 7.37. The van der Waals surface area contributed by atoms with Crippen LogP contribution in [-0.4, -0.2) is 65.0 Å². The van der Waals surface area contributed by atoms with Gasteiger partial charge in [-0.3, -0.25) is 19.5 Å². The van der Waals surface area contributed by atoms with E-state index in [0.717, 1.165) is 25.2 Å². The third-order valence-electron chi connectivity index (χ3n) is 6.01. The zero-order valence-electron chi connectivity index (χ0n) is 18.6. The molecule has 0 radical (unpaired) electrons. The van der Waals surface area contributed by atoms with Crippen molar-refractivity contribution in [1.82, 2.24) is 25.2 Å². The highest BCUT2D eigenvalue weighted by Gasteiger charge is 2.25. The largest absolute Gasteiger partial charge is 0.365 e. The van der Waals surface area contributed by atoms with Gasteiger partial charge in [0.25, 0.3) is 11.5 Å². The van der Waals surface area contributed by atoms with Crippen LogP contribution in [0.1, 0.15) is 55.0 Å². The number of hydrogen-bond acceptors (Lipinski definition) is 6. The van der Waals surface area contributed by atoms with Gasteiger partial charge >= 0.3 is 0 Å². The Morgan fingerprint density at radius 3 is 2.55 bits per heavy atom. The minimum atomic E-state index is -0.622. The molecule has 2 atom stereocenters. The molecule has 2 unspecified atom stereocenters. The highest BCUT2D eigenvalue weighted by molar-refractivity contribution is 5.92. The first-order chi connectivity index (χ1) is 14.8. The van der Waals surface area contributed by atoms with Crippen molar-refractivity contribution in [2.75, 3.05) is 38.1 Å². The number of aromatic amines is 1. The van der Waals surface area contributed by atoms with Gasteiger partial charge in [0, 0.05) is 51.2 Å². The van der Waals surface area contributed by atoms with Gasteiger partial charge in [0.05, 0.1) is 5.69 Å². The second-order valence-electron chi connectivity index (χ2n) is 8.06. The molecule has 1 fully saturated rings. The van der Waals surface area contributed by atoms with E-state index in [9.17, 15) is 14.0 Å². The number of aromatic nitrogens is 3. The van der Waals surface area contributed by atoms with Gasteiger partial charge in [0.2, 0.25) is 5.95 Å². The first-order valence-electron chi connectivity index (χ1n) is 10.8. The summed E-state index contributed by atoms with van der Waals surface area (Å²) in [6.45, 7) is 9.15. The Labute approximate surface area is 181 Å². The molecule has 2 N–H and O–H groups in total. The lowest BCUT2D eigenvalue weighted by Crippen LogP contribution is -2.50. The highest BCUT2D eigenvalue weighted by atomic mass is 19.1. The number of nitrogens with one attached hydrogen (secondary N) is 2. The van der Waals surface area contributed by atoms with Crippen molar-refractivity contribution >= 4 is 11.6 Å². The molecule has 1 saturated heterocycles. The molecule has 0 saturated carbocycles. The topological polar surface area (TPSA) is 94.2 Å². The van der Waals surface area contributed by atoms with E-state index in [4.69, 9.17) is 0 Å². The number of pyridine rings is 1. The van der Waals surface area contributed by atoms with Gasteiger partial charge in [-0.1, -0.05) is 13.8 Å². The summed E-state index contributed by atoms with van der Waals surface area (Å²) < 4.78 is 14.5. The normalized spacial score (nSPS) is 16.7. The summed E-state index contributed by atoms with van der Waals surface area (Å²) in [5, 5.41) is 2.45. The van der Waals surface area contributed by atoms with E-state index >= 15 is 0 Å². The third kappa shape index (κ3) is 5.28. The lowest BCUT2D eigenvalue weighted by molar-refractivity contribution is 0.0957. The molecule has 1 amide bonds. The molecule has 3 heterocycles. The number of anilines is 1. The summed E-state index contributed by atoms with van der Waals surface area (Å²) in [7, 11) is 1.49. The molecule has 1 aliphatic rings. The fraction of sp³-hybridized carbons (Fsp3) is 0.545. The van der Waals surface area contributed by atoms with Crippen LogP contribution in [0, 0.1) is 5.95 Å². The number of aryl methyl sites for hydroxylation is 1. The number of H-pyrrole nitrogens is 1. The Bertz CT molecular complexity index is 971. The maximum atomic E-state index is 14.5. The summed E-state index contributed by atoms with van der Waals surface area (Å²) in [5.74, 6) is -0.847. The molecule has 31 heavy (non-hydrogen) atoms. The minimum absolute atomic E-state index is 0.0736. The monoisotopic (exact) mass is 430 g/mol. The number of hydrogen-bond donors (Lipinski definition) is 2. The summed E-state index contributed by atoms with van der Waals surface area (Å²) in [4.78, 5) is 39.1. The van der Waals surface area contributed by atoms with Crippen LogP contribution >= 0.6 is 0 Å². The van der Waals surface area contributed by atoms with E-state index in [1.165, 1.54) is 7.05 Å². The van der Waals surface area contributed by atoms with Crippen LogP contribution in [-0.2, 0) is 6.42 Å². The molecular weight excluding hydrogens is 399 g/mol. The summed E-state index contributed by atoms with van der Waals surface area (Å²) in [6.07, 6.45) is 3.28. The summed E-state index contributed by atoms with van der Waals surface area (Å²) in [5.41, 5.74) is 1.81. The Morgan fingerprint density at radius 1 is 1.26 bits per heavy atom. The number of carbonyl (C=O) groups is 1. The smallest absolute Gasteiger partial charge is 0.269 e. The molecule has 3 rings (SSSR count). The van der Waals surface area contributed by atoms with Crippen molar-refractivity contribution in [3.05, 3.63) is 51.7 Å². The van der Waals surface area contributed by atoms with Crippen LogP contribution in [0.3, 0.4) is 0 Å². The number of carbonyl (C=O) groups excluding carboxylic acids is 1. The van der Waals surface area contributed by atoms with Crippen molar-refractivity contribution in [3.63, 3.8) is 0 Å². The molecule has 168 valence electrons. The van der Waals surface area contributed by atoms with Gasteiger partial charge in [-0.15, -0.1) is 0 Å². The van der Waals surface area contributed by atoms with Crippen molar-refractivity contribution in [2.24, 2.45) is 0 Å². The lowest BCUT2D eigenvalue weighted by atomic mass is 9.98. The van der Waals surface area contributed by atoms with Gasteiger partial charge in [-0.2, -0.15) is 4.39 Å². The van der Waals surface area contributed by atoms with E-state index in [1.807, 2.05) is 11.8 Å². The number of nitrogens with zero attached hydrogens (tertiary/aromatic N) is 4. The van der Waals surface area contributed by atoms with E-state index in [1.54, 1.807) is 18.3 Å². The summed E-state index contributed by atoms with van der Waals surface area (Å²) in [6, 6.07) is 3.48. The van der Waals surface area contributed by atoms with Crippen molar-refractivity contribution in [2.45, 2.75) is 45.6 Å². The van der Waals surface area contributed by atoms with Gasteiger partial charge in [-0.05, 0) is 37.8 Å². The lowest BCUT2D eigenvalue weighted by Gasteiger charge is -2.39. The van der Waals surface area contributed by atoms with Crippen molar-refractivity contribution in [3.8, 4) is 0 Å². The average molecular weight is 431 g/mol. The number of piperazine rings is 1. The molecule has 0 aromatic carbocycles. The quantitative estimate of drug-likeness (QED) is 0.652. The zero-order valence-corrected chi connectivity index (χ0v) is 18.6. The minimum Gasteiger partial charge on any atom is -0.365 e. The molecule has 0 spiro atoms. The Hall–Kier alpha value is -2.81. The first-order valence-corrected chi connectivity index (χ1v) is 10.8. The van der Waals surface area contributed by atoms with Gasteiger partial charge in [-0.25, -0.2) is 4.98 Å². The van der Waals surface area contributed by atoms with Crippen molar-refractivity contribution in [1.29, 1.82) is 0 Å². The first kappa shape index (κ1) is 22.9. The predicted molar refractivity (Wildman–Crippen MR) is 118 cm³/mol. The van der Waals surface area contributed by atoms with Crippen LogP contribution in [0.4, 0.5) is 10.1 Å². The van der Waals surface area contributed by atoms with Crippen LogP contribution in [0.2, 0.25) is 0 Å². The zero-order chi connectivity index (χ0) is 22.5. The number of amides is 1. The maximum absolute atomic E-state index is 14.5. The van der Waals surface area contributed by atoms with E-state index in [-0.39, 0.29) is 17.2 Å². The van der Waals surface area contributed by atoms with Crippen LogP contribution in [0.25, 0.3) is 0 Å². The standard InChI is InChI=1S/C22H31FN6O2/c1-5-16-22(31)27-18(13-25-16)14(2)12-15(3)28-8-10-29(11-9-28)19-7-6-17(21(30)24-4)26-20(19)23/h6-7,13-15H,5,8-12H2,1-4H3,(H,24,30)(H,27,31). The molecule has 2 aromatic heterocycles. The third-order valence-corrected chi connectivity index (χ3v) is 6.01. The molecular formula is C22H31FN6O2. The van der Waals surface area contributed by atoms with Crippen LogP contribution < -0.4 is 15.8 Å². The fourth-order valence-corrected chi connectivity index (χ4v) is 4.05. The van der Waals surface area contributed by atoms with Crippen molar-refractivity contribution < 1.29 is 9.18 Å². The molecule has 1 aliphatic heterocycles. The SMILES string of the molecule is CCc1ncc(C(C)CC(C)N2CCN(c3ccc(C(=O)NC)nc3F)CC2)[nH]c1=O. The number of halogens is 1. The molecule has 0 aliphatic carbocycles. The molecule has 0 bridgehead atoms. The van der Waals surface area contributed by atoms with E-state index < -0.39 is 11.9 Å². The highest BCUT2D eigenvalue weighted by Crippen LogP contribution is 2.24. The second-order valence-corrected chi connectivity index (χ2v) is 8.06. The van der Waals surface area contributed by atoms with Gasteiger partial charge in [0.1, 0.15) is 11.4 Å². The molecule has 9 heteroatoms. The summed E-state index contributed by atoms with van der Waals surface area (Å²) >= 11 is 0. The van der Waals surface area contributed by atoms with Crippen LogP contribution in [0.15, 0.2) is 23.1 Å².